The number of carbonyl (C=O) groups is 2. The molecular formula is C15H21NO4S. The maximum Gasteiger partial charge on any atom is 0.319 e. The second-order valence-electron chi connectivity index (χ2n) is 5.05. The molecule has 0 unspecified atom stereocenters. The first-order valence-electron chi connectivity index (χ1n) is 6.62. The summed E-state index contributed by atoms with van der Waals surface area (Å²) in [5.41, 5.74) is 1.11. The summed E-state index contributed by atoms with van der Waals surface area (Å²) < 4.78 is 4.12. The van der Waals surface area contributed by atoms with Crippen molar-refractivity contribution in [1.29, 1.82) is 0 Å². The summed E-state index contributed by atoms with van der Waals surface area (Å²) in [5.74, 6) is -0.126. The molecule has 1 rings (SSSR count). The van der Waals surface area contributed by atoms with Crippen molar-refractivity contribution in [2.24, 2.45) is 0 Å². The van der Waals surface area contributed by atoms with Crippen molar-refractivity contribution in [2.75, 3.05) is 19.4 Å². The highest BCUT2D eigenvalue weighted by Gasteiger charge is 2.28. The summed E-state index contributed by atoms with van der Waals surface area (Å²) in [4.78, 5) is 22.6. The predicted octanol–water partition coefficient (Wildman–Crippen LogP) is 1.95. The first kappa shape index (κ1) is 17.4. The van der Waals surface area contributed by atoms with Crippen LogP contribution >= 0.6 is 11.8 Å². The second kappa shape index (κ2) is 7.93. The lowest BCUT2D eigenvalue weighted by atomic mass is 10.1. The minimum absolute atomic E-state index is 0.141. The summed E-state index contributed by atoms with van der Waals surface area (Å²) in [6.45, 7) is 3.70. The van der Waals surface area contributed by atoms with Gasteiger partial charge in [-0.2, -0.15) is 0 Å². The zero-order valence-electron chi connectivity index (χ0n) is 12.5. The zero-order chi connectivity index (χ0) is 15.9. The Morgan fingerprint density at radius 3 is 2.43 bits per heavy atom. The molecule has 2 N–H and O–H groups in total. The molecule has 1 aromatic rings. The Labute approximate surface area is 129 Å². The highest BCUT2D eigenvalue weighted by atomic mass is 32.2. The summed E-state index contributed by atoms with van der Waals surface area (Å²) >= 11 is 1.12. The van der Waals surface area contributed by atoms with Gasteiger partial charge in [0.25, 0.3) is 0 Å². The quantitative estimate of drug-likeness (QED) is 0.767. The van der Waals surface area contributed by atoms with E-state index in [1.165, 1.54) is 0 Å². The lowest BCUT2D eigenvalue weighted by Gasteiger charge is -2.17. The smallest absolute Gasteiger partial charge is 0.319 e. The van der Waals surface area contributed by atoms with E-state index in [2.05, 4.69) is 5.32 Å². The van der Waals surface area contributed by atoms with Gasteiger partial charge in [-0.15, -0.1) is 11.8 Å². The molecule has 0 fully saturated rings. The molecule has 1 amide bonds. The molecule has 5 nitrogen and oxygen atoms in total. The van der Waals surface area contributed by atoms with E-state index in [9.17, 15) is 9.59 Å². The highest BCUT2D eigenvalue weighted by molar-refractivity contribution is 8.01. The Balaban J connectivity index is 2.28. The number of amides is 1. The van der Waals surface area contributed by atoms with Crippen LogP contribution in [0.4, 0.5) is 0 Å². The first-order chi connectivity index (χ1) is 9.85. The van der Waals surface area contributed by atoms with E-state index in [0.29, 0.717) is 6.54 Å². The Morgan fingerprint density at radius 1 is 1.29 bits per heavy atom. The highest BCUT2D eigenvalue weighted by Crippen LogP contribution is 2.23. The fourth-order valence-corrected chi connectivity index (χ4v) is 2.21. The van der Waals surface area contributed by atoms with Crippen LogP contribution in [0.25, 0.3) is 0 Å². The van der Waals surface area contributed by atoms with Crippen LogP contribution in [0.3, 0.4) is 0 Å². The van der Waals surface area contributed by atoms with Crippen LogP contribution in [0.2, 0.25) is 0 Å². The molecule has 6 heteroatoms. The number of carboxylic acids is 1. The second-order valence-corrected chi connectivity index (χ2v) is 6.65. The van der Waals surface area contributed by atoms with Gasteiger partial charge in [0, 0.05) is 6.54 Å². The molecule has 0 aliphatic rings. The van der Waals surface area contributed by atoms with Crippen molar-refractivity contribution in [3.05, 3.63) is 29.8 Å². The summed E-state index contributed by atoms with van der Waals surface area (Å²) in [7, 11) is 1.62. The van der Waals surface area contributed by atoms with Crippen LogP contribution in [-0.4, -0.2) is 41.1 Å². The topological polar surface area (TPSA) is 75.6 Å². The molecule has 0 aliphatic carbocycles. The normalized spacial score (nSPS) is 11.0. The number of nitrogens with one attached hydrogen (secondary N) is 1. The van der Waals surface area contributed by atoms with Gasteiger partial charge < -0.3 is 15.2 Å². The maximum absolute atomic E-state index is 11.7. The largest absolute Gasteiger partial charge is 0.497 e. The third-order valence-corrected chi connectivity index (χ3v) is 4.28. The van der Waals surface area contributed by atoms with Crippen LogP contribution in [0.15, 0.2) is 24.3 Å². The van der Waals surface area contributed by atoms with Crippen molar-refractivity contribution in [2.45, 2.75) is 25.0 Å². The Kier molecular flexibility index (Phi) is 6.55. The summed E-state index contributed by atoms with van der Waals surface area (Å²) in [6, 6.07) is 7.66. The molecule has 0 atom stereocenters. The Morgan fingerprint density at radius 2 is 1.90 bits per heavy atom. The predicted molar refractivity (Wildman–Crippen MR) is 83.9 cm³/mol. The number of hydrogen-bond donors (Lipinski definition) is 2. The van der Waals surface area contributed by atoms with E-state index in [1.54, 1.807) is 21.0 Å². The molecule has 116 valence electrons. The van der Waals surface area contributed by atoms with Gasteiger partial charge in [-0.1, -0.05) is 12.1 Å². The molecule has 0 aliphatic heterocycles. The van der Waals surface area contributed by atoms with Crippen LogP contribution in [-0.2, 0) is 16.0 Å². The number of thioether (sulfide) groups is 1. The van der Waals surface area contributed by atoms with Crippen LogP contribution in [0.1, 0.15) is 19.4 Å². The van der Waals surface area contributed by atoms with Crippen LogP contribution in [0.5, 0.6) is 5.75 Å². The van der Waals surface area contributed by atoms with Crippen molar-refractivity contribution in [1.82, 2.24) is 5.32 Å². The number of rotatable bonds is 8. The fourth-order valence-electron chi connectivity index (χ4n) is 1.50. The fraction of sp³-hybridized carbons (Fsp3) is 0.467. The number of aliphatic carboxylic acids is 1. The van der Waals surface area contributed by atoms with Gasteiger partial charge in [-0.3, -0.25) is 9.59 Å². The summed E-state index contributed by atoms with van der Waals surface area (Å²) in [5, 5.41) is 11.7. The van der Waals surface area contributed by atoms with E-state index < -0.39 is 10.7 Å². The van der Waals surface area contributed by atoms with Gasteiger partial charge in [-0.25, -0.2) is 0 Å². The maximum atomic E-state index is 11.7. The lowest BCUT2D eigenvalue weighted by Crippen LogP contribution is -2.32. The SMILES string of the molecule is COc1ccc(CCNC(=O)CSC(C)(C)C(=O)O)cc1. The molecule has 0 heterocycles. The average Bonchev–Trinajstić information content (AvgIpc) is 2.46. The monoisotopic (exact) mass is 311 g/mol. The molecule has 0 saturated heterocycles. The minimum atomic E-state index is -0.951. The Hall–Kier alpha value is -1.69. The van der Waals surface area contributed by atoms with Crippen LogP contribution in [0, 0.1) is 0 Å². The van der Waals surface area contributed by atoms with Crippen LogP contribution < -0.4 is 10.1 Å². The zero-order valence-corrected chi connectivity index (χ0v) is 13.3. The number of carbonyl (C=O) groups excluding carboxylic acids is 1. The number of methoxy groups -OCH3 is 1. The van der Waals surface area contributed by atoms with Crippen molar-refractivity contribution in [3.63, 3.8) is 0 Å². The average molecular weight is 311 g/mol. The third kappa shape index (κ3) is 6.08. The Bertz CT molecular complexity index is 485. The van der Waals surface area contributed by atoms with E-state index in [4.69, 9.17) is 9.84 Å². The van der Waals surface area contributed by atoms with Gasteiger partial charge in [0.05, 0.1) is 12.9 Å². The third-order valence-electron chi connectivity index (χ3n) is 2.97. The lowest BCUT2D eigenvalue weighted by molar-refractivity contribution is -0.138. The van der Waals surface area contributed by atoms with E-state index in [0.717, 1.165) is 29.5 Å². The number of hydrogen-bond acceptors (Lipinski definition) is 4. The van der Waals surface area contributed by atoms with Gasteiger partial charge in [0.15, 0.2) is 0 Å². The van der Waals surface area contributed by atoms with Gasteiger partial charge in [0.2, 0.25) is 5.91 Å². The first-order valence-corrected chi connectivity index (χ1v) is 7.60. The van der Waals surface area contributed by atoms with Crippen molar-refractivity contribution in [3.8, 4) is 5.75 Å². The van der Waals surface area contributed by atoms with E-state index in [1.807, 2.05) is 24.3 Å². The minimum Gasteiger partial charge on any atom is -0.497 e. The number of ether oxygens (including phenoxy) is 1. The molecular weight excluding hydrogens is 290 g/mol. The molecule has 1 aromatic carbocycles. The number of carboxylic acid groups (broad SMARTS) is 1. The van der Waals surface area contributed by atoms with Gasteiger partial charge in [0.1, 0.15) is 10.5 Å². The molecule has 21 heavy (non-hydrogen) atoms. The van der Waals surface area contributed by atoms with Gasteiger partial charge in [-0.05, 0) is 38.0 Å². The van der Waals surface area contributed by atoms with E-state index in [-0.39, 0.29) is 11.7 Å². The molecule has 0 saturated carbocycles. The van der Waals surface area contributed by atoms with Crippen molar-refractivity contribution >= 4 is 23.6 Å². The summed E-state index contributed by atoms with van der Waals surface area (Å²) in [6.07, 6.45) is 0.725. The van der Waals surface area contributed by atoms with Gasteiger partial charge >= 0.3 is 5.97 Å². The van der Waals surface area contributed by atoms with E-state index >= 15 is 0 Å². The standard InChI is InChI=1S/C15H21NO4S/c1-15(2,14(18)19)21-10-13(17)16-9-8-11-4-6-12(20-3)7-5-11/h4-7H,8-10H2,1-3H3,(H,16,17)(H,18,19). The van der Waals surface area contributed by atoms with Crippen molar-refractivity contribution < 1.29 is 19.4 Å². The number of benzene rings is 1. The molecule has 0 radical (unpaired) electrons. The molecule has 0 aromatic heterocycles. The molecule has 0 bridgehead atoms. The molecule has 0 spiro atoms.